The summed E-state index contributed by atoms with van der Waals surface area (Å²) in [6.45, 7) is 2.14. The van der Waals surface area contributed by atoms with Crippen molar-refractivity contribution in [1.82, 2.24) is 14.5 Å². The fourth-order valence-electron chi connectivity index (χ4n) is 3.77. The zero-order valence-electron chi connectivity index (χ0n) is 18.6. The second-order valence-corrected chi connectivity index (χ2v) is 7.81. The number of carbonyl (C=O) groups excluding carboxylic acids is 1. The molecule has 0 radical (unpaired) electrons. The summed E-state index contributed by atoms with van der Waals surface area (Å²) >= 11 is 0. The third-order valence-electron chi connectivity index (χ3n) is 5.43. The van der Waals surface area contributed by atoms with E-state index < -0.39 is 0 Å². The van der Waals surface area contributed by atoms with Gasteiger partial charge >= 0.3 is 0 Å². The number of rotatable bonds is 5. The monoisotopic (exact) mass is 456 g/mol. The van der Waals surface area contributed by atoms with E-state index in [9.17, 15) is 9.18 Å². The lowest BCUT2D eigenvalue weighted by Gasteiger charge is -2.29. The summed E-state index contributed by atoms with van der Waals surface area (Å²) in [6, 6.07) is 15.1. The Bertz CT molecular complexity index is 1400. The number of aromatic nitrogens is 3. The van der Waals surface area contributed by atoms with Crippen molar-refractivity contribution in [1.29, 1.82) is 0 Å². The number of benzene rings is 2. The number of pyridine rings is 1. The van der Waals surface area contributed by atoms with Crippen LogP contribution in [0.25, 0.3) is 11.8 Å². The molecular formula is C26H21FN4O3. The quantitative estimate of drug-likeness (QED) is 0.408. The van der Waals surface area contributed by atoms with Crippen molar-refractivity contribution in [2.75, 3.05) is 12.0 Å². The molecule has 34 heavy (non-hydrogen) atoms. The maximum absolute atomic E-state index is 13.4. The average molecular weight is 456 g/mol. The van der Waals surface area contributed by atoms with Gasteiger partial charge in [0.25, 0.3) is 5.91 Å². The van der Waals surface area contributed by atoms with Crippen LogP contribution in [0.1, 0.15) is 16.8 Å². The topological polar surface area (TPSA) is 69.5 Å². The predicted octanol–water partition coefficient (Wildman–Crippen LogP) is 4.69. The van der Waals surface area contributed by atoms with Crippen molar-refractivity contribution in [2.24, 2.45) is 0 Å². The number of hydrogen-bond acceptors (Lipinski definition) is 5. The maximum atomic E-state index is 13.4. The van der Waals surface area contributed by atoms with Gasteiger partial charge in [0, 0.05) is 12.4 Å². The summed E-state index contributed by atoms with van der Waals surface area (Å²) in [5.74, 6) is 0.977. The van der Waals surface area contributed by atoms with E-state index in [4.69, 9.17) is 9.47 Å². The molecule has 0 saturated heterocycles. The molecule has 3 heterocycles. The molecule has 2 aromatic heterocycles. The number of methoxy groups -OCH3 is 1. The SMILES string of the molecule is COc1cc(/C=C2\Oc3cccnc3N(Cc3ccc(F)cc3)C2=O)ccc1-n1cnc(C)c1. The van der Waals surface area contributed by atoms with E-state index >= 15 is 0 Å². The number of hydrogen-bond donors (Lipinski definition) is 0. The molecule has 1 amide bonds. The first-order valence-corrected chi connectivity index (χ1v) is 10.6. The molecule has 1 aliphatic rings. The van der Waals surface area contributed by atoms with E-state index in [-0.39, 0.29) is 24.0 Å². The number of nitrogens with zero attached hydrogens (tertiary/aromatic N) is 4. The molecule has 0 N–H and O–H groups in total. The highest BCUT2D eigenvalue weighted by atomic mass is 19.1. The van der Waals surface area contributed by atoms with Gasteiger partial charge in [0.15, 0.2) is 17.3 Å². The van der Waals surface area contributed by atoms with Gasteiger partial charge in [0.05, 0.1) is 31.4 Å². The van der Waals surface area contributed by atoms with E-state index in [1.165, 1.54) is 17.0 Å². The molecule has 0 atom stereocenters. The number of ether oxygens (including phenoxy) is 2. The van der Waals surface area contributed by atoms with Gasteiger partial charge in [-0.05, 0) is 60.5 Å². The Labute approximate surface area is 195 Å². The minimum Gasteiger partial charge on any atom is -0.495 e. The second-order valence-electron chi connectivity index (χ2n) is 7.81. The standard InChI is InChI=1S/C26H21FN4O3/c1-17-14-30(16-29-17)21-10-7-19(12-23(21)33-2)13-24-26(32)31(15-18-5-8-20(27)9-6-18)25-22(34-24)4-3-11-28-25/h3-14,16H,15H2,1-2H3/b24-13-. The van der Waals surface area contributed by atoms with Crippen molar-refractivity contribution < 1.29 is 18.7 Å². The van der Waals surface area contributed by atoms with Gasteiger partial charge in [-0.2, -0.15) is 0 Å². The lowest BCUT2D eigenvalue weighted by atomic mass is 10.1. The minimum atomic E-state index is -0.344. The molecule has 5 rings (SSSR count). The van der Waals surface area contributed by atoms with Crippen LogP contribution >= 0.6 is 0 Å². The van der Waals surface area contributed by atoms with Crippen LogP contribution in [-0.2, 0) is 11.3 Å². The molecule has 0 bridgehead atoms. The number of halogens is 1. The summed E-state index contributed by atoms with van der Waals surface area (Å²) < 4.78 is 26.7. The summed E-state index contributed by atoms with van der Waals surface area (Å²) in [5.41, 5.74) is 3.22. The lowest BCUT2D eigenvalue weighted by molar-refractivity contribution is -0.117. The maximum Gasteiger partial charge on any atom is 0.295 e. The first-order valence-electron chi connectivity index (χ1n) is 10.6. The van der Waals surface area contributed by atoms with Crippen LogP contribution in [0.3, 0.4) is 0 Å². The number of anilines is 1. The molecule has 1 aliphatic heterocycles. The smallest absolute Gasteiger partial charge is 0.295 e. The Morgan fingerprint density at radius 1 is 1.12 bits per heavy atom. The predicted molar refractivity (Wildman–Crippen MR) is 125 cm³/mol. The van der Waals surface area contributed by atoms with E-state index in [0.29, 0.717) is 17.3 Å². The Balaban J connectivity index is 1.50. The summed E-state index contributed by atoms with van der Waals surface area (Å²) in [7, 11) is 1.59. The van der Waals surface area contributed by atoms with Crippen LogP contribution in [0.5, 0.6) is 11.5 Å². The van der Waals surface area contributed by atoms with E-state index in [1.807, 2.05) is 35.9 Å². The fraction of sp³-hybridized carbons (Fsp3) is 0.115. The highest BCUT2D eigenvalue weighted by Gasteiger charge is 2.31. The highest BCUT2D eigenvalue weighted by molar-refractivity contribution is 6.09. The molecule has 0 unspecified atom stereocenters. The van der Waals surface area contributed by atoms with Crippen molar-refractivity contribution in [3.05, 3.63) is 102 Å². The second kappa shape index (κ2) is 8.82. The molecule has 0 saturated carbocycles. The third-order valence-corrected chi connectivity index (χ3v) is 5.43. The number of amides is 1. The zero-order chi connectivity index (χ0) is 23.7. The van der Waals surface area contributed by atoms with Gasteiger partial charge in [-0.3, -0.25) is 9.69 Å². The highest BCUT2D eigenvalue weighted by Crippen LogP contribution is 2.35. The minimum absolute atomic E-state index is 0.149. The molecule has 4 aromatic rings. The van der Waals surface area contributed by atoms with Crippen molar-refractivity contribution in [3.63, 3.8) is 0 Å². The third kappa shape index (κ3) is 4.13. The van der Waals surface area contributed by atoms with Crippen LogP contribution in [-0.4, -0.2) is 27.6 Å². The van der Waals surface area contributed by atoms with Crippen molar-refractivity contribution in [3.8, 4) is 17.2 Å². The Morgan fingerprint density at radius 2 is 1.94 bits per heavy atom. The summed E-state index contributed by atoms with van der Waals surface area (Å²) in [4.78, 5) is 23.5. The molecule has 2 aromatic carbocycles. The average Bonchev–Trinajstić information content (AvgIpc) is 3.28. The lowest BCUT2D eigenvalue weighted by Crippen LogP contribution is -2.37. The molecule has 170 valence electrons. The zero-order valence-corrected chi connectivity index (χ0v) is 18.6. The first kappa shape index (κ1) is 21.4. The van der Waals surface area contributed by atoms with Gasteiger partial charge in [-0.15, -0.1) is 0 Å². The van der Waals surface area contributed by atoms with Gasteiger partial charge in [0.1, 0.15) is 11.6 Å². The van der Waals surface area contributed by atoms with E-state index in [2.05, 4.69) is 9.97 Å². The van der Waals surface area contributed by atoms with Crippen LogP contribution in [0.4, 0.5) is 10.2 Å². The largest absolute Gasteiger partial charge is 0.495 e. The van der Waals surface area contributed by atoms with Crippen LogP contribution in [0.2, 0.25) is 0 Å². The number of aryl methyl sites for hydroxylation is 1. The molecule has 0 aliphatic carbocycles. The number of imidazole rings is 1. The summed E-state index contributed by atoms with van der Waals surface area (Å²) in [5, 5.41) is 0. The van der Waals surface area contributed by atoms with E-state index in [1.54, 1.807) is 50.0 Å². The van der Waals surface area contributed by atoms with Crippen molar-refractivity contribution in [2.45, 2.75) is 13.5 Å². The molecular weight excluding hydrogens is 435 g/mol. The normalized spacial score (nSPS) is 14.1. The van der Waals surface area contributed by atoms with Crippen LogP contribution in [0, 0.1) is 12.7 Å². The first-order chi connectivity index (χ1) is 16.5. The van der Waals surface area contributed by atoms with Crippen molar-refractivity contribution >= 4 is 17.8 Å². The van der Waals surface area contributed by atoms with Gasteiger partial charge < -0.3 is 14.0 Å². The Morgan fingerprint density at radius 3 is 2.68 bits per heavy atom. The molecule has 8 heteroatoms. The van der Waals surface area contributed by atoms with Gasteiger partial charge in [0.2, 0.25) is 0 Å². The number of carbonyl (C=O) groups is 1. The van der Waals surface area contributed by atoms with Gasteiger partial charge in [-0.1, -0.05) is 18.2 Å². The van der Waals surface area contributed by atoms with Crippen LogP contribution < -0.4 is 14.4 Å². The number of fused-ring (bicyclic) bond motifs is 1. The summed E-state index contributed by atoms with van der Waals surface area (Å²) in [6.07, 6.45) is 6.89. The van der Waals surface area contributed by atoms with Crippen LogP contribution in [0.15, 0.2) is 79.1 Å². The Hall–Kier alpha value is -4.46. The van der Waals surface area contributed by atoms with Gasteiger partial charge in [-0.25, -0.2) is 14.4 Å². The Kier molecular flexibility index (Phi) is 5.55. The van der Waals surface area contributed by atoms with E-state index in [0.717, 1.165) is 22.5 Å². The molecule has 0 fully saturated rings. The fourth-order valence-corrected chi connectivity index (χ4v) is 3.77. The molecule has 0 spiro atoms. The molecule has 7 nitrogen and oxygen atoms in total.